The molecule has 2 atom stereocenters. The second-order valence-corrected chi connectivity index (χ2v) is 5.02. The third-order valence-corrected chi connectivity index (χ3v) is 3.63. The highest BCUT2D eigenvalue weighted by Gasteiger charge is 2.14. The van der Waals surface area contributed by atoms with Gasteiger partial charge in [0.2, 0.25) is 0 Å². The first-order valence-corrected chi connectivity index (χ1v) is 7.38. The molecule has 0 aliphatic rings. The van der Waals surface area contributed by atoms with Gasteiger partial charge in [0, 0.05) is 11.6 Å². The summed E-state index contributed by atoms with van der Waals surface area (Å²) in [5.74, 6) is 0.827. The van der Waals surface area contributed by atoms with Crippen molar-refractivity contribution in [1.82, 2.24) is 5.32 Å². The molecule has 0 amide bonds. The van der Waals surface area contributed by atoms with E-state index in [0.29, 0.717) is 0 Å². The van der Waals surface area contributed by atoms with E-state index in [9.17, 15) is 5.11 Å². The highest BCUT2D eigenvalue weighted by molar-refractivity contribution is 5.36. The molecule has 0 saturated carbocycles. The minimum Gasteiger partial charge on any atom is -0.490 e. The van der Waals surface area contributed by atoms with Crippen molar-refractivity contribution < 1.29 is 9.84 Å². The average molecular weight is 285 g/mol. The van der Waals surface area contributed by atoms with Crippen LogP contribution in [-0.4, -0.2) is 18.8 Å². The molecule has 21 heavy (non-hydrogen) atoms. The maximum Gasteiger partial charge on any atom is 0.124 e. The van der Waals surface area contributed by atoms with E-state index in [1.165, 1.54) is 0 Å². The molecule has 0 fully saturated rings. The van der Waals surface area contributed by atoms with Gasteiger partial charge in [-0.25, -0.2) is 0 Å². The minimum absolute atomic E-state index is 0.251. The zero-order chi connectivity index (χ0) is 15.1. The number of aliphatic hydroxyl groups excluding tert-OH is 1. The Bertz CT molecular complexity index is 538. The molecule has 0 radical (unpaired) electrons. The number of nitrogens with one attached hydrogen (secondary N) is 1. The van der Waals surface area contributed by atoms with Gasteiger partial charge >= 0.3 is 0 Å². The summed E-state index contributed by atoms with van der Waals surface area (Å²) in [5, 5.41) is 13.5. The van der Waals surface area contributed by atoms with Gasteiger partial charge in [0.05, 0.1) is 0 Å². The van der Waals surface area contributed by atoms with Gasteiger partial charge in [0.1, 0.15) is 18.5 Å². The van der Waals surface area contributed by atoms with Gasteiger partial charge in [-0.05, 0) is 25.1 Å². The standard InChI is InChI=1S/C18H23NO2/c1-3-16(19-2)15-11-7-8-12-18(15)21-13-17(20)14-9-5-4-6-10-14/h4-12,16-17,19-20H,3,13H2,1-2H3. The normalized spacial score (nSPS) is 13.7. The van der Waals surface area contributed by atoms with Gasteiger partial charge in [-0.2, -0.15) is 0 Å². The fourth-order valence-corrected chi connectivity index (χ4v) is 2.42. The second-order valence-electron chi connectivity index (χ2n) is 5.02. The Balaban J connectivity index is 2.06. The lowest BCUT2D eigenvalue weighted by atomic mass is 10.0. The first kappa shape index (κ1) is 15.5. The fraction of sp³-hybridized carbons (Fsp3) is 0.333. The summed E-state index contributed by atoms with van der Waals surface area (Å²) >= 11 is 0. The van der Waals surface area contributed by atoms with Crippen LogP contribution in [0.15, 0.2) is 54.6 Å². The van der Waals surface area contributed by atoms with Crippen molar-refractivity contribution in [2.75, 3.05) is 13.7 Å². The van der Waals surface area contributed by atoms with Crippen LogP contribution in [0.1, 0.15) is 36.6 Å². The van der Waals surface area contributed by atoms with E-state index in [4.69, 9.17) is 4.74 Å². The van der Waals surface area contributed by atoms with Crippen LogP contribution >= 0.6 is 0 Å². The largest absolute Gasteiger partial charge is 0.490 e. The molecule has 0 bridgehead atoms. The van der Waals surface area contributed by atoms with Gasteiger partial charge in [-0.3, -0.25) is 0 Å². The molecule has 3 nitrogen and oxygen atoms in total. The van der Waals surface area contributed by atoms with Crippen molar-refractivity contribution in [2.45, 2.75) is 25.5 Å². The van der Waals surface area contributed by atoms with E-state index >= 15 is 0 Å². The molecule has 2 unspecified atom stereocenters. The summed E-state index contributed by atoms with van der Waals surface area (Å²) in [7, 11) is 1.95. The molecule has 0 spiro atoms. The van der Waals surface area contributed by atoms with Crippen LogP contribution < -0.4 is 10.1 Å². The third kappa shape index (κ3) is 4.06. The number of rotatable bonds is 7. The number of hydrogen-bond acceptors (Lipinski definition) is 3. The summed E-state index contributed by atoms with van der Waals surface area (Å²) in [6, 6.07) is 17.8. The summed E-state index contributed by atoms with van der Waals surface area (Å²) in [6.45, 7) is 2.39. The lowest BCUT2D eigenvalue weighted by Gasteiger charge is -2.20. The summed E-state index contributed by atoms with van der Waals surface area (Å²) in [4.78, 5) is 0. The molecular formula is C18H23NO2. The van der Waals surface area contributed by atoms with Crippen LogP contribution in [0.25, 0.3) is 0 Å². The van der Waals surface area contributed by atoms with Crippen LogP contribution in [0.2, 0.25) is 0 Å². The summed E-state index contributed by atoms with van der Waals surface area (Å²) in [5.41, 5.74) is 2.00. The lowest BCUT2D eigenvalue weighted by Crippen LogP contribution is -2.17. The maximum atomic E-state index is 10.2. The van der Waals surface area contributed by atoms with E-state index in [1.54, 1.807) is 0 Å². The topological polar surface area (TPSA) is 41.5 Å². The van der Waals surface area contributed by atoms with Crippen molar-refractivity contribution in [1.29, 1.82) is 0 Å². The molecule has 2 N–H and O–H groups in total. The maximum absolute atomic E-state index is 10.2. The quantitative estimate of drug-likeness (QED) is 0.818. The third-order valence-electron chi connectivity index (χ3n) is 3.63. The second kappa shape index (κ2) is 7.81. The first-order valence-electron chi connectivity index (χ1n) is 7.38. The predicted molar refractivity (Wildman–Crippen MR) is 85.4 cm³/mol. The summed E-state index contributed by atoms with van der Waals surface area (Å²) < 4.78 is 5.85. The number of aliphatic hydroxyl groups is 1. The molecule has 0 aliphatic carbocycles. The first-order chi connectivity index (χ1) is 10.3. The Labute approximate surface area is 126 Å². The van der Waals surface area contributed by atoms with Gasteiger partial charge in [-0.1, -0.05) is 55.5 Å². The van der Waals surface area contributed by atoms with E-state index < -0.39 is 6.10 Å². The zero-order valence-electron chi connectivity index (χ0n) is 12.6. The van der Waals surface area contributed by atoms with Crippen molar-refractivity contribution in [3.63, 3.8) is 0 Å². The smallest absolute Gasteiger partial charge is 0.124 e. The molecule has 2 aromatic rings. The average Bonchev–Trinajstić information content (AvgIpc) is 2.55. The Kier molecular flexibility index (Phi) is 5.78. The molecule has 0 heterocycles. The molecule has 0 aliphatic heterocycles. The summed E-state index contributed by atoms with van der Waals surface area (Å²) in [6.07, 6.45) is 0.367. The Morgan fingerprint density at radius 2 is 1.71 bits per heavy atom. The highest BCUT2D eigenvalue weighted by atomic mass is 16.5. The number of para-hydroxylation sites is 1. The molecular weight excluding hydrogens is 262 g/mol. The number of hydrogen-bond donors (Lipinski definition) is 2. The van der Waals surface area contributed by atoms with Crippen LogP contribution in [0.5, 0.6) is 5.75 Å². The van der Waals surface area contributed by atoms with Gasteiger partial charge in [0.25, 0.3) is 0 Å². The van der Waals surface area contributed by atoms with Crippen molar-refractivity contribution in [2.24, 2.45) is 0 Å². The fourth-order valence-electron chi connectivity index (χ4n) is 2.42. The molecule has 2 aromatic carbocycles. The molecule has 2 rings (SSSR count). The van der Waals surface area contributed by atoms with Crippen LogP contribution in [0.3, 0.4) is 0 Å². The Hall–Kier alpha value is -1.84. The number of ether oxygens (including phenoxy) is 1. The Morgan fingerprint density at radius 3 is 2.38 bits per heavy atom. The highest BCUT2D eigenvalue weighted by Crippen LogP contribution is 2.27. The van der Waals surface area contributed by atoms with Gasteiger partial charge in [0.15, 0.2) is 0 Å². The van der Waals surface area contributed by atoms with Crippen molar-refractivity contribution >= 4 is 0 Å². The number of benzene rings is 2. The molecule has 3 heteroatoms. The minimum atomic E-state index is -0.617. The monoisotopic (exact) mass is 285 g/mol. The van der Waals surface area contributed by atoms with Crippen LogP contribution in [-0.2, 0) is 0 Å². The SMILES string of the molecule is CCC(NC)c1ccccc1OCC(O)c1ccccc1. The predicted octanol–water partition coefficient (Wildman–Crippen LogP) is 3.47. The zero-order valence-corrected chi connectivity index (χ0v) is 12.6. The van der Waals surface area contributed by atoms with Gasteiger partial charge < -0.3 is 15.2 Å². The van der Waals surface area contributed by atoms with Gasteiger partial charge in [-0.15, -0.1) is 0 Å². The molecule has 112 valence electrons. The van der Waals surface area contributed by atoms with E-state index in [2.05, 4.69) is 18.3 Å². The van der Waals surface area contributed by atoms with E-state index in [1.807, 2.05) is 55.6 Å². The van der Waals surface area contributed by atoms with E-state index in [0.717, 1.165) is 23.3 Å². The van der Waals surface area contributed by atoms with Crippen LogP contribution in [0, 0.1) is 0 Å². The lowest BCUT2D eigenvalue weighted by molar-refractivity contribution is 0.107. The van der Waals surface area contributed by atoms with Crippen LogP contribution in [0.4, 0.5) is 0 Å². The van der Waals surface area contributed by atoms with Crippen molar-refractivity contribution in [3.05, 3.63) is 65.7 Å². The molecule has 0 aromatic heterocycles. The molecule has 0 saturated heterocycles. The van der Waals surface area contributed by atoms with E-state index in [-0.39, 0.29) is 12.6 Å². The Morgan fingerprint density at radius 1 is 1.05 bits per heavy atom. The van der Waals surface area contributed by atoms with Crippen molar-refractivity contribution in [3.8, 4) is 5.75 Å².